The van der Waals surface area contributed by atoms with E-state index in [1.807, 2.05) is 12.1 Å². The Balaban J connectivity index is 2.09. The van der Waals surface area contributed by atoms with Crippen molar-refractivity contribution in [2.75, 3.05) is 0 Å². The third kappa shape index (κ3) is 3.69. The Morgan fingerprint density at radius 3 is 2.19 bits per heavy atom. The van der Waals surface area contributed by atoms with E-state index in [0.29, 0.717) is 17.0 Å². The monoisotopic (exact) mass is 285 g/mol. The van der Waals surface area contributed by atoms with Crippen molar-refractivity contribution in [2.45, 2.75) is 32.7 Å². The van der Waals surface area contributed by atoms with Gasteiger partial charge in [0.15, 0.2) is 0 Å². The van der Waals surface area contributed by atoms with Gasteiger partial charge in [0.1, 0.15) is 5.82 Å². The van der Waals surface area contributed by atoms with Crippen LogP contribution in [-0.2, 0) is 0 Å². The minimum Gasteiger partial charge on any atom is -0.345 e. The summed E-state index contributed by atoms with van der Waals surface area (Å²) in [6.45, 7) is 5.99. The van der Waals surface area contributed by atoms with Gasteiger partial charge >= 0.3 is 0 Å². The quantitative estimate of drug-likeness (QED) is 0.884. The van der Waals surface area contributed by atoms with Crippen molar-refractivity contribution in [3.8, 4) is 0 Å². The molecule has 0 aliphatic rings. The van der Waals surface area contributed by atoms with Gasteiger partial charge in [-0.25, -0.2) is 4.39 Å². The Kier molecular flexibility index (Phi) is 4.73. The van der Waals surface area contributed by atoms with Crippen LogP contribution in [0.4, 0.5) is 4.39 Å². The highest BCUT2D eigenvalue weighted by atomic mass is 19.1. The number of halogens is 1. The van der Waals surface area contributed by atoms with Crippen LogP contribution in [0.5, 0.6) is 0 Å². The summed E-state index contributed by atoms with van der Waals surface area (Å²) in [4.78, 5) is 12.2. The molecule has 0 aliphatic heterocycles. The summed E-state index contributed by atoms with van der Waals surface area (Å²) in [5.74, 6) is -0.0686. The van der Waals surface area contributed by atoms with Gasteiger partial charge < -0.3 is 5.32 Å². The van der Waals surface area contributed by atoms with Crippen molar-refractivity contribution < 1.29 is 9.18 Å². The number of carbonyl (C=O) groups excluding carboxylic acids is 1. The van der Waals surface area contributed by atoms with Crippen LogP contribution in [0.2, 0.25) is 0 Å². The predicted octanol–water partition coefficient (Wildman–Crippen LogP) is 4.44. The lowest BCUT2D eigenvalue weighted by atomic mass is 10.0. The maximum Gasteiger partial charge on any atom is 0.251 e. The highest BCUT2D eigenvalue weighted by molar-refractivity contribution is 5.94. The molecule has 0 radical (unpaired) electrons. The molecule has 0 saturated carbocycles. The molecule has 0 saturated heterocycles. The molecule has 2 nitrogen and oxygen atoms in total. The topological polar surface area (TPSA) is 29.1 Å². The van der Waals surface area contributed by atoms with Crippen LogP contribution < -0.4 is 5.32 Å². The fourth-order valence-electron chi connectivity index (χ4n) is 2.20. The summed E-state index contributed by atoms with van der Waals surface area (Å²) in [6, 6.07) is 13.6. The van der Waals surface area contributed by atoms with Crippen molar-refractivity contribution in [3.63, 3.8) is 0 Å². The number of hydrogen-bond donors (Lipinski definition) is 1. The first-order valence-electron chi connectivity index (χ1n) is 7.14. The molecule has 2 rings (SSSR count). The summed E-state index contributed by atoms with van der Waals surface area (Å²) in [5.41, 5.74) is 2.26. The summed E-state index contributed by atoms with van der Waals surface area (Å²) >= 11 is 0. The predicted molar refractivity (Wildman–Crippen MR) is 82.8 cm³/mol. The van der Waals surface area contributed by atoms with E-state index in [-0.39, 0.29) is 17.8 Å². The largest absolute Gasteiger partial charge is 0.345 e. The van der Waals surface area contributed by atoms with Gasteiger partial charge in [-0.2, -0.15) is 0 Å². The fourth-order valence-corrected chi connectivity index (χ4v) is 2.20. The molecule has 0 bridgehead atoms. The first-order valence-corrected chi connectivity index (χ1v) is 7.14. The SMILES string of the molecule is CC(C)c1ccc(C(=O)NC(C)c2ccccc2F)cc1. The molecule has 0 heterocycles. The molecule has 2 aromatic rings. The van der Waals surface area contributed by atoms with Crippen LogP contribution in [0.15, 0.2) is 48.5 Å². The Hall–Kier alpha value is -2.16. The maximum atomic E-state index is 13.7. The number of carbonyl (C=O) groups is 1. The third-order valence-electron chi connectivity index (χ3n) is 3.56. The highest BCUT2D eigenvalue weighted by Crippen LogP contribution is 2.18. The Morgan fingerprint density at radius 1 is 1.00 bits per heavy atom. The van der Waals surface area contributed by atoms with Crippen molar-refractivity contribution in [1.29, 1.82) is 0 Å². The maximum absolute atomic E-state index is 13.7. The van der Waals surface area contributed by atoms with Crippen LogP contribution in [0.1, 0.15) is 54.2 Å². The van der Waals surface area contributed by atoms with Gasteiger partial charge in [-0.1, -0.05) is 44.2 Å². The molecule has 110 valence electrons. The second kappa shape index (κ2) is 6.53. The lowest BCUT2D eigenvalue weighted by Gasteiger charge is -2.15. The Morgan fingerprint density at radius 2 is 1.62 bits per heavy atom. The standard InChI is InChI=1S/C18H20FNO/c1-12(2)14-8-10-15(11-9-14)18(21)20-13(3)16-6-4-5-7-17(16)19/h4-13H,1-3H3,(H,20,21). The molecule has 2 aromatic carbocycles. The number of hydrogen-bond acceptors (Lipinski definition) is 1. The minimum absolute atomic E-state index is 0.193. The zero-order valence-electron chi connectivity index (χ0n) is 12.6. The van der Waals surface area contributed by atoms with E-state index < -0.39 is 0 Å². The van der Waals surface area contributed by atoms with E-state index in [1.54, 1.807) is 37.3 Å². The smallest absolute Gasteiger partial charge is 0.251 e. The third-order valence-corrected chi connectivity index (χ3v) is 3.56. The Bertz CT molecular complexity index is 619. The fraction of sp³-hybridized carbons (Fsp3) is 0.278. The van der Waals surface area contributed by atoms with Gasteiger partial charge in [0, 0.05) is 11.1 Å². The lowest BCUT2D eigenvalue weighted by Crippen LogP contribution is -2.27. The summed E-state index contributed by atoms with van der Waals surface area (Å²) in [5, 5.41) is 2.82. The van der Waals surface area contributed by atoms with Crippen LogP contribution in [0.25, 0.3) is 0 Å². The number of rotatable bonds is 4. The normalized spacial score (nSPS) is 12.2. The van der Waals surface area contributed by atoms with E-state index in [1.165, 1.54) is 11.6 Å². The van der Waals surface area contributed by atoms with E-state index in [0.717, 1.165) is 0 Å². The molecule has 21 heavy (non-hydrogen) atoms. The highest BCUT2D eigenvalue weighted by Gasteiger charge is 2.14. The van der Waals surface area contributed by atoms with Crippen molar-refractivity contribution in [1.82, 2.24) is 5.32 Å². The van der Waals surface area contributed by atoms with Crippen molar-refractivity contribution in [3.05, 3.63) is 71.0 Å². The van der Waals surface area contributed by atoms with Crippen molar-refractivity contribution in [2.24, 2.45) is 0 Å². The van der Waals surface area contributed by atoms with Crippen molar-refractivity contribution >= 4 is 5.91 Å². The second-order valence-corrected chi connectivity index (χ2v) is 5.49. The van der Waals surface area contributed by atoms with Gasteiger partial charge in [0.2, 0.25) is 0 Å². The number of amides is 1. The summed E-state index contributed by atoms with van der Waals surface area (Å²) in [6.07, 6.45) is 0. The average molecular weight is 285 g/mol. The van der Waals surface area contributed by atoms with E-state index >= 15 is 0 Å². The van der Waals surface area contributed by atoms with Crippen LogP contribution in [-0.4, -0.2) is 5.91 Å². The summed E-state index contributed by atoms with van der Waals surface area (Å²) in [7, 11) is 0. The molecule has 1 amide bonds. The zero-order valence-corrected chi connectivity index (χ0v) is 12.6. The van der Waals surface area contributed by atoms with E-state index in [2.05, 4.69) is 19.2 Å². The van der Waals surface area contributed by atoms with Crippen LogP contribution >= 0.6 is 0 Å². The van der Waals surface area contributed by atoms with Gasteiger partial charge in [-0.05, 0) is 36.6 Å². The van der Waals surface area contributed by atoms with Gasteiger partial charge in [-0.15, -0.1) is 0 Å². The molecule has 1 N–H and O–H groups in total. The molecule has 0 aromatic heterocycles. The van der Waals surface area contributed by atoms with Crippen LogP contribution in [0.3, 0.4) is 0 Å². The number of benzene rings is 2. The molecule has 3 heteroatoms. The average Bonchev–Trinajstić information content (AvgIpc) is 2.47. The zero-order chi connectivity index (χ0) is 15.4. The van der Waals surface area contributed by atoms with E-state index in [4.69, 9.17) is 0 Å². The minimum atomic E-state index is -0.372. The first-order chi connectivity index (χ1) is 9.99. The molecular formula is C18H20FNO. The number of nitrogens with one attached hydrogen (secondary N) is 1. The Labute approximate surface area is 125 Å². The second-order valence-electron chi connectivity index (χ2n) is 5.49. The molecule has 1 atom stereocenters. The van der Waals surface area contributed by atoms with E-state index in [9.17, 15) is 9.18 Å². The van der Waals surface area contributed by atoms with Gasteiger partial charge in [0.25, 0.3) is 5.91 Å². The molecule has 0 fully saturated rings. The van der Waals surface area contributed by atoms with Gasteiger partial charge in [0.05, 0.1) is 6.04 Å². The van der Waals surface area contributed by atoms with Crippen LogP contribution in [0, 0.1) is 5.82 Å². The lowest BCUT2D eigenvalue weighted by molar-refractivity contribution is 0.0939. The molecular weight excluding hydrogens is 265 g/mol. The van der Waals surface area contributed by atoms with Gasteiger partial charge in [-0.3, -0.25) is 4.79 Å². The molecule has 1 unspecified atom stereocenters. The summed E-state index contributed by atoms with van der Waals surface area (Å²) < 4.78 is 13.7. The molecule has 0 aliphatic carbocycles. The molecule has 0 spiro atoms. The first kappa shape index (κ1) is 15.2.